The number of rotatable bonds is 4. The summed E-state index contributed by atoms with van der Waals surface area (Å²) in [5.41, 5.74) is 2.78. The summed E-state index contributed by atoms with van der Waals surface area (Å²) < 4.78 is 40.5. The van der Waals surface area contributed by atoms with E-state index in [-0.39, 0.29) is 11.7 Å². The lowest BCUT2D eigenvalue weighted by molar-refractivity contribution is -0.137. The molecular formula is C22H23F3N2OS. The van der Waals surface area contributed by atoms with Gasteiger partial charge in [0.05, 0.1) is 5.56 Å². The van der Waals surface area contributed by atoms with E-state index in [0.717, 1.165) is 56.8 Å². The van der Waals surface area contributed by atoms with Crippen LogP contribution in [0, 0.1) is 5.92 Å². The van der Waals surface area contributed by atoms with Gasteiger partial charge in [0.25, 0.3) is 0 Å². The maximum atomic E-state index is 12.7. The third kappa shape index (κ3) is 4.46. The number of hydrogen-bond acceptors (Lipinski definition) is 4. The summed E-state index contributed by atoms with van der Waals surface area (Å²) in [6, 6.07) is 11.7. The number of carbonyl (C=O) groups excluding carboxylic acids is 1. The number of alkyl halides is 3. The summed E-state index contributed by atoms with van der Waals surface area (Å²) in [7, 11) is 0. The van der Waals surface area contributed by atoms with Crippen molar-refractivity contribution in [1.29, 1.82) is 0 Å². The zero-order valence-electron chi connectivity index (χ0n) is 16.2. The van der Waals surface area contributed by atoms with Crippen LogP contribution in [0.25, 0.3) is 0 Å². The van der Waals surface area contributed by atoms with Crippen LogP contribution in [-0.2, 0) is 23.8 Å². The molecule has 154 valence electrons. The summed E-state index contributed by atoms with van der Waals surface area (Å²) in [4.78, 5) is 15.1. The number of halogens is 3. The second-order valence-corrected chi connectivity index (χ2v) is 8.80. The van der Waals surface area contributed by atoms with E-state index in [0.29, 0.717) is 0 Å². The number of carbonyl (C=O) groups is 1. The lowest BCUT2D eigenvalue weighted by Gasteiger charge is -2.35. The van der Waals surface area contributed by atoms with Crippen molar-refractivity contribution in [3.05, 3.63) is 59.2 Å². The minimum absolute atomic E-state index is 0.100. The molecule has 0 radical (unpaired) electrons. The van der Waals surface area contributed by atoms with Gasteiger partial charge in [0.15, 0.2) is 0 Å². The van der Waals surface area contributed by atoms with Gasteiger partial charge >= 0.3 is 6.18 Å². The Morgan fingerprint density at radius 1 is 1.00 bits per heavy atom. The molecule has 0 spiro atoms. The third-order valence-corrected chi connectivity index (χ3v) is 6.95. The first kappa shape index (κ1) is 20.3. The number of nitrogens with zero attached hydrogens (tertiary/aromatic N) is 2. The summed E-state index contributed by atoms with van der Waals surface area (Å²) >= 11 is 1.73. The van der Waals surface area contributed by atoms with Crippen LogP contribution in [0.3, 0.4) is 0 Å². The van der Waals surface area contributed by atoms with Crippen molar-refractivity contribution in [3.63, 3.8) is 0 Å². The van der Waals surface area contributed by atoms with Crippen LogP contribution in [0.1, 0.15) is 23.6 Å². The van der Waals surface area contributed by atoms with Gasteiger partial charge in [-0.15, -0.1) is 0 Å². The van der Waals surface area contributed by atoms with E-state index in [2.05, 4.69) is 27.4 Å². The first-order chi connectivity index (χ1) is 13.8. The van der Waals surface area contributed by atoms with Crippen LogP contribution < -0.4 is 4.90 Å². The maximum absolute atomic E-state index is 12.7. The molecule has 0 aromatic heterocycles. The molecule has 1 aliphatic carbocycles. The van der Waals surface area contributed by atoms with Gasteiger partial charge in [-0.2, -0.15) is 13.2 Å². The molecular weight excluding hydrogens is 397 g/mol. The highest BCUT2D eigenvalue weighted by Gasteiger charge is 2.31. The average Bonchev–Trinajstić information content (AvgIpc) is 3.14. The Balaban J connectivity index is 1.37. The Morgan fingerprint density at radius 2 is 1.69 bits per heavy atom. The van der Waals surface area contributed by atoms with Crippen LogP contribution in [0.5, 0.6) is 0 Å². The Hall–Kier alpha value is -1.99. The van der Waals surface area contributed by atoms with E-state index in [1.807, 2.05) is 0 Å². The highest BCUT2D eigenvalue weighted by molar-refractivity contribution is 7.97. The van der Waals surface area contributed by atoms with E-state index < -0.39 is 11.7 Å². The van der Waals surface area contributed by atoms with Crippen LogP contribution in [-0.4, -0.2) is 36.3 Å². The van der Waals surface area contributed by atoms with Crippen molar-refractivity contribution >= 4 is 23.4 Å². The first-order valence-corrected chi connectivity index (χ1v) is 10.5. The van der Waals surface area contributed by atoms with E-state index in [1.165, 1.54) is 16.0 Å². The Morgan fingerprint density at radius 3 is 2.31 bits per heavy atom. The lowest BCUT2D eigenvalue weighted by atomic mass is 10.0. The second kappa shape index (κ2) is 8.03. The SMILES string of the molecule is CC(=O)C1Cc2cccc(SN3CCN(c4ccc(C(F)(F)F)cc4)CC3)c2C1. The lowest BCUT2D eigenvalue weighted by Crippen LogP contribution is -2.43. The number of benzene rings is 2. The first-order valence-electron chi connectivity index (χ1n) is 9.77. The molecule has 2 aromatic rings. The number of hydrogen-bond donors (Lipinski definition) is 0. The summed E-state index contributed by atoms with van der Waals surface area (Å²) in [5, 5.41) is 0. The predicted molar refractivity (Wildman–Crippen MR) is 109 cm³/mol. The van der Waals surface area contributed by atoms with Crippen molar-refractivity contribution in [1.82, 2.24) is 4.31 Å². The molecule has 0 saturated carbocycles. The van der Waals surface area contributed by atoms with Gasteiger partial charge in [-0.3, -0.25) is 4.79 Å². The van der Waals surface area contributed by atoms with Gasteiger partial charge in [-0.05, 0) is 73.2 Å². The monoisotopic (exact) mass is 420 g/mol. The van der Waals surface area contributed by atoms with Crippen molar-refractivity contribution in [2.24, 2.45) is 5.92 Å². The minimum atomic E-state index is -4.30. The number of anilines is 1. The van der Waals surface area contributed by atoms with Crippen LogP contribution >= 0.6 is 11.9 Å². The molecule has 2 aliphatic rings. The van der Waals surface area contributed by atoms with Gasteiger partial charge in [-0.1, -0.05) is 12.1 Å². The maximum Gasteiger partial charge on any atom is 0.416 e. The average molecular weight is 421 g/mol. The van der Waals surface area contributed by atoms with Crippen LogP contribution in [0.15, 0.2) is 47.4 Å². The molecule has 1 unspecified atom stereocenters. The zero-order chi connectivity index (χ0) is 20.6. The minimum Gasteiger partial charge on any atom is -0.369 e. The molecule has 0 amide bonds. The molecule has 29 heavy (non-hydrogen) atoms. The number of ketones is 1. The van der Waals surface area contributed by atoms with Crippen molar-refractivity contribution in [2.45, 2.75) is 30.8 Å². The molecule has 1 heterocycles. The van der Waals surface area contributed by atoms with Crippen molar-refractivity contribution < 1.29 is 18.0 Å². The van der Waals surface area contributed by atoms with Gasteiger partial charge in [0, 0.05) is 42.7 Å². The summed E-state index contributed by atoms with van der Waals surface area (Å²) in [6.07, 6.45) is -2.65. The van der Waals surface area contributed by atoms with Gasteiger partial charge < -0.3 is 4.90 Å². The molecule has 2 aromatic carbocycles. The standard InChI is InChI=1S/C22H23F3N2OS/c1-15(28)17-13-16-3-2-4-21(20(16)14-17)29-27-11-9-26(10-12-27)19-7-5-18(6-8-19)22(23,24)25/h2-8,17H,9-14H2,1H3. The third-order valence-electron chi connectivity index (χ3n) is 5.75. The van der Waals surface area contributed by atoms with Crippen molar-refractivity contribution in [2.75, 3.05) is 31.1 Å². The summed E-state index contributed by atoms with van der Waals surface area (Å²) in [6.45, 7) is 4.85. The molecule has 7 heteroatoms. The number of piperazine rings is 1. The van der Waals surface area contributed by atoms with Crippen LogP contribution in [0.4, 0.5) is 18.9 Å². The fourth-order valence-corrected chi connectivity index (χ4v) is 5.12. The van der Waals surface area contributed by atoms with Crippen molar-refractivity contribution in [3.8, 4) is 0 Å². The predicted octanol–water partition coefficient (Wildman–Crippen LogP) is 4.84. The van der Waals surface area contributed by atoms with Crippen LogP contribution in [0.2, 0.25) is 0 Å². The van der Waals surface area contributed by atoms with E-state index in [4.69, 9.17) is 0 Å². The smallest absolute Gasteiger partial charge is 0.369 e. The second-order valence-electron chi connectivity index (χ2n) is 7.66. The molecule has 3 nitrogen and oxygen atoms in total. The molecule has 1 saturated heterocycles. The number of Topliss-reactive ketones (excluding diaryl/α,β-unsaturated/α-hetero) is 1. The largest absolute Gasteiger partial charge is 0.416 e. The van der Waals surface area contributed by atoms with Gasteiger partial charge in [0.2, 0.25) is 0 Å². The topological polar surface area (TPSA) is 23.6 Å². The molecule has 1 fully saturated rings. The molecule has 4 rings (SSSR count). The molecule has 1 aliphatic heterocycles. The molecule has 0 bridgehead atoms. The fraction of sp³-hybridized carbons (Fsp3) is 0.409. The normalized spacial score (nSPS) is 20.0. The van der Waals surface area contributed by atoms with Gasteiger partial charge in [-0.25, -0.2) is 4.31 Å². The van der Waals surface area contributed by atoms with Gasteiger partial charge in [0.1, 0.15) is 5.78 Å². The Kier molecular flexibility index (Phi) is 5.62. The van der Waals surface area contributed by atoms with E-state index in [9.17, 15) is 18.0 Å². The molecule has 1 atom stereocenters. The quantitative estimate of drug-likeness (QED) is 0.661. The zero-order valence-corrected chi connectivity index (χ0v) is 17.0. The number of fused-ring (bicyclic) bond motifs is 1. The Bertz CT molecular complexity index is 890. The highest BCUT2D eigenvalue weighted by Crippen LogP contribution is 2.37. The fourth-order valence-electron chi connectivity index (χ4n) is 4.03. The van der Waals surface area contributed by atoms with E-state index >= 15 is 0 Å². The molecule has 0 N–H and O–H groups in total. The van der Waals surface area contributed by atoms with E-state index in [1.54, 1.807) is 31.0 Å². The Labute approximate surface area is 173 Å². The highest BCUT2D eigenvalue weighted by atomic mass is 32.2. The summed E-state index contributed by atoms with van der Waals surface area (Å²) in [5.74, 6) is 0.352.